The van der Waals surface area contributed by atoms with E-state index in [1.165, 1.54) is 12.1 Å². The summed E-state index contributed by atoms with van der Waals surface area (Å²) in [5.74, 6) is 5.21. The zero-order chi connectivity index (χ0) is 16.2. The van der Waals surface area contributed by atoms with Crippen LogP contribution in [-0.4, -0.2) is 28.3 Å². The Balaban J connectivity index is 3.31. The molecule has 1 amide bonds. The van der Waals surface area contributed by atoms with Crippen molar-refractivity contribution in [1.82, 2.24) is 4.90 Å². The first-order valence-corrected chi connectivity index (χ1v) is 6.84. The minimum atomic E-state index is -0.587. The van der Waals surface area contributed by atoms with Gasteiger partial charge in [0, 0.05) is 12.6 Å². The van der Waals surface area contributed by atoms with E-state index in [9.17, 15) is 14.9 Å². The number of carbonyl (C=O) groups is 1. The molecule has 0 bridgehead atoms. The molecular formula is C14H22N4O3. The number of hydrazine groups is 1. The average Bonchev–Trinajstić information content (AvgIpc) is 2.42. The van der Waals surface area contributed by atoms with E-state index in [0.717, 1.165) is 0 Å². The molecule has 0 aromatic heterocycles. The number of hydrogen-bond acceptors (Lipinski definition) is 5. The van der Waals surface area contributed by atoms with Crippen LogP contribution < -0.4 is 11.3 Å². The van der Waals surface area contributed by atoms with E-state index >= 15 is 0 Å². The van der Waals surface area contributed by atoms with Crippen LogP contribution in [-0.2, 0) is 0 Å². The van der Waals surface area contributed by atoms with Crippen LogP contribution >= 0.6 is 0 Å². The standard InChI is InChI=1S/C14H22N4O3/c1-9(2)8-17(10(3)4)14(19)11-6-5-7-12(16-15)13(11)18(20)21/h5-7,9-10,16H,8,15H2,1-4H3. The first kappa shape index (κ1) is 16.9. The second kappa shape index (κ2) is 7.03. The van der Waals surface area contributed by atoms with E-state index in [0.29, 0.717) is 6.54 Å². The van der Waals surface area contributed by atoms with Crippen LogP contribution in [0.3, 0.4) is 0 Å². The maximum absolute atomic E-state index is 12.7. The number of benzene rings is 1. The molecule has 7 nitrogen and oxygen atoms in total. The molecule has 3 N–H and O–H groups in total. The van der Waals surface area contributed by atoms with Gasteiger partial charge in [0.25, 0.3) is 5.91 Å². The van der Waals surface area contributed by atoms with Gasteiger partial charge in [-0.05, 0) is 31.9 Å². The van der Waals surface area contributed by atoms with E-state index in [1.54, 1.807) is 11.0 Å². The molecule has 1 rings (SSSR count). The van der Waals surface area contributed by atoms with Crippen molar-refractivity contribution in [2.24, 2.45) is 11.8 Å². The number of nitro benzene ring substituents is 1. The number of nitro groups is 1. The number of hydrogen-bond donors (Lipinski definition) is 2. The lowest BCUT2D eigenvalue weighted by molar-refractivity contribution is -0.384. The highest BCUT2D eigenvalue weighted by atomic mass is 16.6. The molecule has 0 aliphatic rings. The van der Waals surface area contributed by atoms with Gasteiger partial charge in [-0.3, -0.25) is 20.8 Å². The molecule has 1 aromatic carbocycles. The van der Waals surface area contributed by atoms with Crippen LogP contribution in [0.5, 0.6) is 0 Å². The molecule has 1 aromatic rings. The molecule has 7 heteroatoms. The summed E-state index contributed by atoms with van der Waals surface area (Å²) in [4.78, 5) is 25.0. The van der Waals surface area contributed by atoms with E-state index in [1.807, 2.05) is 27.7 Å². The minimum absolute atomic E-state index is 0.0461. The van der Waals surface area contributed by atoms with Gasteiger partial charge in [0.1, 0.15) is 11.3 Å². The van der Waals surface area contributed by atoms with Crippen LogP contribution in [0.15, 0.2) is 18.2 Å². The number of nitrogens with one attached hydrogen (secondary N) is 1. The van der Waals surface area contributed by atoms with Crippen molar-refractivity contribution in [1.29, 1.82) is 0 Å². The van der Waals surface area contributed by atoms with E-state index < -0.39 is 4.92 Å². The van der Waals surface area contributed by atoms with Crippen LogP contribution in [0.4, 0.5) is 11.4 Å². The third-order valence-electron chi connectivity index (χ3n) is 3.05. The van der Waals surface area contributed by atoms with Crippen molar-refractivity contribution in [3.63, 3.8) is 0 Å². The second-order valence-electron chi connectivity index (χ2n) is 5.55. The van der Waals surface area contributed by atoms with E-state index in [-0.39, 0.29) is 34.8 Å². The highest BCUT2D eigenvalue weighted by molar-refractivity contribution is 6.00. The van der Waals surface area contributed by atoms with Crippen LogP contribution in [0.25, 0.3) is 0 Å². The topological polar surface area (TPSA) is 102 Å². The maximum Gasteiger partial charge on any atom is 0.306 e. The Labute approximate surface area is 124 Å². The molecule has 0 unspecified atom stereocenters. The molecule has 21 heavy (non-hydrogen) atoms. The van der Waals surface area contributed by atoms with Gasteiger partial charge in [-0.15, -0.1) is 0 Å². The third-order valence-corrected chi connectivity index (χ3v) is 3.05. The number of nitrogen functional groups attached to an aromatic ring is 1. The summed E-state index contributed by atoms with van der Waals surface area (Å²) in [6, 6.07) is 4.45. The van der Waals surface area contributed by atoms with Crippen molar-refractivity contribution < 1.29 is 9.72 Å². The molecule has 0 heterocycles. The Kier molecular flexibility index (Phi) is 5.66. The van der Waals surface area contributed by atoms with Crippen molar-refractivity contribution in [3.8, 4) is 0 Å². The zero-order valence-electron chi connectivity index (χ0n) is 12.8. The monoisotopic (exact) mass is 294 g/mol. The molecule has 0 spiro atoms. The predicted octanol–water partition coefficient (Wildman–Crippen LogP) is 2.39. The van der Waals surface area contributed by atoms with Crippen LogP contribution in [0, 0.1) is 16.0 Å². The van der Waals surface area contributed by atoms with E-state index in [2.05, 4.69) is 5.43 Å². The highest BCUT2D eigenvalue weighted by Crippen LogP contribution is 2.29. The van der Waals surface area contributed by atoms with E-state index in [4.69, 9.17) is 5.84 Å². The number of rotatable bonds is 6. The van der Waals surface area contributed by atoms with Gasteiger partial charge in [-0.1, -0.05) is 19.9 Å². The SMILES string of the molecule is CC(C)CN(C(=O)c1cccc(NN)c1[N+](=O)[O-])C(C)C. The molecule has 0 atom stereocenters. The highest BCUT2D eigenvalue weighted by Gasteiger charge is 2.29. The summed E-state index contributed by atoms with van der Waals surface area (Å²) in [6.07, 6.45) is 0. The third kappa shape index (κ3) is 3.91. The molecule has 0 fully saturated rings. The molecule has 0 saturated heterocycles. The van der Waals surface area contributed by atoms with Crippen LogP contribution in [0.1, 0.15) is 38.1 Å². The number of nitrogens with zero attached hydrogens (tertiary/aromatic N) is 2. The number of amides is 1. The first-order valence-electron chi connectivity index (χ1n) is 6.84. The largest absolute Gasteiger partial charge is 0.336 e. The van der Waals surface area contributed by atoms with Gasteiger partial charge in [0.15, 0.2) is 0 Å². The predicted molar refractivity (Wildman–Crippen MR) is 81.9 cm³/mol. The normalized spacial score (nSPS) is 10.8. The first-order chi connectivity index (χ1) is 9.79. The number of carbonyl (C=O) groups excluding carboxylic acids is 1. The summed E-state index contributed by atoms with van der Waals surface area (Å²) in [6.45, 7) is 8.30. The van der Waals surface area contributed by atoms with Crippen molar-refractivity contribution in [3.05, 3.63) is 33.9 Å². The fourth-order valence-electron chi connectivity index (χ4n) is 2.11. The Hall–Kier alpha value is -2.15. The maximum atomic E-state index is 12.7. The molecule has 116 valence electrons. The molecule has 0 aliphatic carbocycles. The number of anilines is 1. The Bertz CT molecular complexity index is 529. The van der Waals surface area contributed by atoms with Crippen molar-refractivity contribution in [2.45, 2.75) is 33.7 Å². The Morgan fingerprint density at radius 3 is 2.43 bits per heavy atom. The minimum Gasteiger partial charge on any atom is -0.336 e. The van der Waals surface area contributed by atoms with Crippen LogP contribution in [0.2, 0.25) is 0 Å². The molecule has 0 aliphatic heterocycles. The lowest BCUT2D eigenvalue weighted by atomic mass is 10.1. The average molecular weight is 294 g/mol. The van der Waals surface area contributed by atoms with Gasteiger partial charge in [0.05, 0.1) is 4.92 Å². The summed E-state index contributed by atoms with van der Waals surface area (Å²) in [5, 5.41) is 11.3. The van der Waals surface area contributed by atoms with Crippen molar-refractivity contribution in [2.75, 3.05) is 12.0 Å². The van der Waals surface area contributed by atoms with Gasteiger partial charge < -0.3 is 10.3 Å². The Morgan fingerprint density at radius 1 is 1.38 bits per heavy atom. The zero-order valence-corrected chi connectivity index (χ0v) is 12.8. The smallest absolute Gasteiger partial charge is 0.306 e. The van der Waals surface area contributed by atoms with Gasteiger partial charge >= 0.3 is 5.69 Å². The molecule has 0 radical (unpaired) electrons. The fourth-order valence-corrected chi connectivity index (χ4v) is 2.11. The Morgan fingerprint density at radius 2 is 2.00 bits per heavy atom. The van der Waals surface area contributed by atoms with Gasteiger partial charge in [-0.25, -0.2) is 0 Å². The number of nitrogens with two attached hydrogens (primary N) is 1. The summed E-state index contributed by atoms with van der Waals surface area (Å²) in [5.41, 5.74) is 2.15. The summed E-state index contributed by atoms with van der Waals surface area (Å²) >= 11 is 0. The van der Waals surface area contributed by atoms with Crippen molar-refractivity contribution >= 4 is 17.3 Å². The van der Waals surface area contributed by atoms with Gasteiger partial charge in [-0.2, -0.15) is 0 Å². The lowest BCUT2D eigenvalue weighted by Crippen LogP contribution is -2.39. The summed E-state index contributed by atoms with van der Waals surface area (Å²) < 4.78 is 0. The molecular weight excluding hydrogens is 272 g/mol. The summed E-state index contributed by atoms with van der Waals surface area (Å²) in [7, 11) is 0. The quantitative estimate of drug-likeness (QED) is 0.476. The number of para-hydroxylation sites is 1. The lowest BCUT2D eigenvalue weighted by Gasteiger charge is -2.28. The van der Waals surface area contributed by atoms with Gasteiger partial charge in [0.2, 0.25) is 0 Å². The molecule has 0 saturated carbocycles. The second-order valence-corrected chi connectivity index (χ2v) is 5.55. The fraction of sp³-hybridized carbons (Fsp3) is 0.500.